The highest BCUT2D eigenvalue weighted by atomic mass is 32.2. The maximum atomic E-state index is 4.33. The fourth-order valence-electron chi connectivity index (χ4n) is 1.11. The molecule has 0 aliphatic heterocycles. The van der Waals surface area contributed by atoms with Gasteiger partial charge in [-0.2, -0.15) is 15.0 Å². The summed E-state index contributed by atoms with van der Waals surface area (Å²) in [5, 5.41) is 7.08. The predicted octanol–water partition coefficient (Wildman–Crippen LogP) is 2.48. The number of anilines is 2. The second-order valence-corrected chi connectivity index (χ2v) is 5.69. The van der Waals surface area contributed by atoms with E-state index in [1.807, 2.05) is 13.2 Å². The fraction of sp³-hybridized carbons (Fsp3) is 0.727. The van der Waals surface area contributed by atoms with Crippen LogP contribution in [0.2, 0.25) is 0 Å². The molecule has 1 aromatic rings. The molecule has 0 atom stereocenters. The topological polar surface area (TPSA) is 62.7 Å². The first-order valence-corrected chi connectivity index (χ1v) is 6.95. The molecule has 1 rings (SSSR count). The molecule has 0 spiro atoms. The van der Waals surface area contributed by atoms with Crippen molar-refractivity contribution in [2.24, 2.45) is 5.41 Å². The van der Waals surface area contributed by atoms with Crippen molar-refractivity contribution in [3.05, 3.63) is 0 Å². The molecule has 0 aliphatic carbocycles. The summed E-state index contributed by atoms with van der Waals surface area (Å²) in [6.45, 7) is 10.2. The van der Waals surface area contributed by atoms with Gasteiger partial charge in [-0.25, -0.2) is 0 Å². The number of rotatable bonds is 5. The van der Waals surface area contributed by atoms with Crippen molar-refractivity contribution in [1.29, 1.82) is 0 Å². The van der Waals surface area contributed by atoms with Gasteiger partial charge in [0.05, 0.1) is 0 Å². The number of aromatic nitrogens is 3. The molecule has 0 aromatic carbocycles. The molecule has 0 bridgehead atoms. The fourth-order valence-corrected chi connectivity index (χ4v) is 1.46. The highest BCUT2D eigenvalue weighted by Crippen LogP contribution is 2.16. The summed E-state index contributed by atoms with van der Waals surface area (Å²) in [6, 6.07) is 0. The van der Waals surface area contributed by atoms with Gasteiger partial charge >= 0.3 is 0 Å². The van der Waals surface area contributed by atoms with Crippen LogP contribution in [0.3, 0.4) is 0 Å². The third-order valence-electron chi connectivity index (χ3n) is 1.91. The molecule has 0 unspecified atom stereocenters. The summed E-state index contributed by atoms with van der Waals surface area (Å²) in [7, 11) is 0. The molecule has 1 aromatic heterocycles. The molecule has 0 saturated heterocycles. The van der Waals surface area contributed by atoms with Crippen molar-refractivity contribution >= 4 is 23.7 Å². The Labute approximate surface area is 107 Å². The molecular formula is C11H21N5S. The van der Waals surface area contributed by atoms with Gasteiger partial charge in [-0.15, -0.1) is 0 Å². The van der Waals surface area contributed by atoms with Crippen molar-refractivity contribution in [3.63, 3.8) is 0 Å². The van der Waals surface area contributed by atoms with Crippen LogP contribution in [0, 0.1) is 5.41 Å². The Bertz CT molecular complexity index is 361. The Morgan fingerprint density at radius 1 is 1.06 bits per heavy atom. The first-order valence-electron chi connectivity index (χ1n) is 5.72. The van der Waals surface area contributed by atoms with E-state index in [9.17, 15) is 0 Å². The van der Waals surface area contributed by atoms with Crippen LogP contribution in [0.15, 0.2) is 5.16 Å². The zero-order valence-electron chi connectivity index (χ0n) is 11.2. The zero-order chi connectivity index (χ0) is 12.9. The van der Waals surface area contributed by atoms with E-state index in [2.05, 4.69) is 46.4 Å². The highest BCUT2D eigenvalue weighted by Gasteiger charge is 2.11. The predicted molar refractivity (Wildman–Crippen MR) is 73.7 cm³/mol. The summed E-state index contributed by atoms with van der Waals surface area (Å²) < 4.78 is 0. The number of nitrogens with one attached hydrogen (secondary N) is 2. The Morgan fingerprint density at radius 2 is 1.65 bits per heavy atom. The van der Waals surface area contributed by atoms with Gasteiger partial charge in [-0.1, -0.05) is 32.5 Å². The maximum Gasteiger partial charge on any atom is 0.228 e. The molecule has 96 valence electrons. The number of hydrogen-bond acceptors (Lipinski definition) is 6. The van der Waals surface area contributed by atoms with E-state index in [-0.39, 0.29) is 5.41 Å². The lowest BCUT2D eigenvalue weighted by molar-refractivity contribution is 0.441. The molecule has 1 heterocycles. The monoisotopic (exact) mass is 255 g/mol. The van der Waals surface area contributed by atoms with Gasteiger partial charge in [0.2, 0.25) is 11.9 Å². The minimum absolute atomic E-state index is 0.199. The van der Waals surface area contributed by atoms with Gasteiger partial charge in [0, 0.05) is 13.1 Å². The first kappa shape index (κ1) is 14.0. The molecule has 2 N–H and O–H groups in total. The van der Waals surface area contributed by atoms with E-state index in [0.717, 1.165) is 18.2 Å². The van der Waals surface area contributed by atoms with E-state index in [4.69, 9.17) is 0 Å². The van der Waals surface area contributed by atoms with Crippen LogP contribution in [0.4, 0.5) is 11.9 Å². The molecule has 17 heavy (non-hydrogen) atoms. The van der Waals surface area contributed by atoms with Gasteiger partial charge in [-0.05, 0) is 18.6 Å². The number of hydrogen-bond donors (Lipinski definition) is 2. The third kappa shape index (κ3) is 5.21. The SMILES string of the molecule is CCNc1nc(NCC(C)(C)C)nc(SC)n1. The van der Waals surface area contributed by atoms with E-state index < -0.39 is 0 Å². The highest BCUT2D eigenvalue weighted by molar-refractivity contribution is 7.98. The van der Waals surface area contributed by atoms with Gasteiger partial charge < -0.3 is 10.6 Å². The molecule has 0 amide bonds. The van der Waals surface area contributed by atoms with Crippen LogP contribution in [0.5, 0.6) is 0 Å². The summed E-state index contributed by atoms with van der Waals surface area (Å²) in [4.78, 5) is 12.9. The van der Waals surface area contributed by atoms with Gasteiger partial charge in [0.15, 0.2) is 5.16 Å². The van der Waals surface area contributed by atoms with Gasteiger partial charge in [-0.3, -0.25) is 0 Å². The quantitative estimate of drug-likeness (QED) is 0.788. The van der Waals surface area contributed by atoms with Crippen molar-refractivity contribution < 1.29 is 0 Å². The second-order valence-electron chi connectivity index (χ2n) is 4.91. The van der Waals surface area contributed by atoms with Crippen molar-refractivity contribution in [2.45, 2.75) is 32.9 Å². The van der Waals surface area contributed by atoms with Gasteiger partial charge in [0.25, 0.3) is 0 Å². The lowest BCUT2D eigenvalue weighted by atomic mass is 9.97. The maximum absolute atomic E-state index is 4.33. The third-order valence-corrected chi connectivity index (χ3v) is 2.46. The molecule has 6 heteroatoms. The summed E-state index contributed by atoms with van der Waals surface area (Å²) >= 11 is 1.51. The average Bonchev–Trinajstić information content (AvgIpc) is 2.25. The average molecular weight is 255 g/mol. The number of thioether (sulfide) groups is 1. The first-order chi connectivity index (χ1) is 7.94. The van der Waals surface area contributed by atoms with E-state index in [1.54, 1.807) is 0 Å². The summed E-state index contributed by atoms with van der Waals surface area (Å²) in [5.41, 5.74) is 0.199. The molecule has 0 aliphatic rings. The second kappa shape index (κ2) is 6.05. The molecule has 0 radical (unpaired) electrons. The van der Waals surface area contributed by atoms with E-state index in [0.29, 0.717) is 11.9 Å². The Morgan fingerprint density at radius 3 is 2.12 bits per heavy atom. The number of nitrogens with zero attached hydrogens (tertiary/aromatic N) is 3. The van der Waals surface area contributed by atoms with Crippen LogP contribution in [-0.2, 0) is 0 Å². The molecule has 0 fully saturated rings. The largest absolute Gasteiger partial charge is 0.354 e. The Balaban J connectivity index is 2.79. The minimum atomic E-state index is 0.199. The normalized spacial score (nSPS) is 11.4. The standard InChI is InChI=1S/C11H21N5S/c1-6-12-8-14-9(13-7-11(2,3)4)16-10(15-8)17-5/h6-7H2,1-5H3,(H2,12,13,14,15,16). The van der Waals surface area contributed by atoms with E-state index >= 15 is 0 Å². The molecule has 0 saturated carbocycles. The molecule has 5 nitrogen and oxygen atoms in total. The van der Waals surface area contributed by atoms with Crippen LogP contribution in [0.25, 0.3) is 0 Å². The summed E-state index contributed by atoms with van der Waals surface area (Å²) in [5.74, 6) is 1.26. The minimum Gasteiger partial charge on any atom is -0.354 e. The van der Waals surface area contributed by atoms with Crippen LogP contribution < -0.4 is 10.6 Å². The summed E-state index contributed by atoms with van der Waals surface area (Å²) in [6.07, 6.45) is 1.96. The lowest BCUT2D eigenvalue weighted by Gasteiger charge is -2.18. The van der Waals surface area contributed by atoms with Crippen LogP contribution in [-0.4, -0.2) is 34.3 Å². The molecular weight excluding hydrogens is 234 g/mol. The van der Waals surface area contributed by atoms with E-state index in [1.165, 1.54) is 11.8 Å². The smallest absolute Gasteiger partial charge is 0.228 e. The van der Waals surface area contributed by atoms with Crippen molar-refractivity contribution in [3.8, 4) is 0 Å². The van der Waals surface area contributed by atoms with Crippen LogP contribution in [0.1, 0.15) is 27.7 Å². The Kier molecular flexibility index (Phi) is 4.99. The van der Waals surface area contributed by atoms with Gasteiger partial charge in [0.1, 0.15) is 0 Å². The zero-order valence-corrected chi connectivity index (χ0v) is 12.0. The van der Waals surface area contributed by atoms with Crippen LogP contribution >= 0.6 is 11.8 Å². The Hall–Kier alpha value is -1.04. The lowest BCUT2D eigenvalue weighted by Crippen LogP contribution is -2.21. The van der Waals surface area contributed by atoms with Crippen molar-refractivity contribution in [2.75, 3.05) is 30.0 Å². The van der Waals surface area contributed by atoms with Crippen molar-refractivity contribution in [1.82, 2.24) is 15.0 Å².